The number of rotatable bonds is 5. The van der Waals surface area contributed by atoms with E-state index < -0.39 is 0 Å². The Bertz CT molecular complexity index is 362. The lowest BCUT2D eigenvalue weighted by Gasteiger charge is -2.24. The number of nitrogens with zero attached hydrogens (tertiary/aromatic N) is 4. The molecule has 0 aliphatic carbocycles. The van der Waals surface area contributed by atoms with Crippen molar-refractivity contribution in [2.24, 2.45) is 0 Å². The van der Waals surface area contributed by atoms with Crippen LogP contribution in [0.5, 0.6) is 0 Å². The van der Waals surface area contributed by atoms with Gasteiger partial charge in [-0.15, -0.1) is 0 Å². The normalized spacial score (nSPS) is 11.2. The molecule has 1 aromatic heterocycles. The van der Waals surface area contributed by atoms with E-state index in [-0.39, 0.29) is 0 Å². The fourth-order valence-electron chi connectivity index (χ4n) is 1.71. The Labute approximate surface area is 104 Å². The minimum atomic E-state index is 0.327. The summed E-state index contributed by atoms with van der Waals surface area (Å²) >= 11 is 0. The molecule has 0 aromatic carbocycles. The number of hydrogen-bond acceptors (Lipinski definition) is 5. The van der Waals surface area contributed by atoms with Gasteiger partial charge in [0.05, 0.1) is 0 Å². The summed E-state index contributed by atoms with van der Waals surface area (Å²) in [4.78, 5) is 12.7. The Balaban J connectivity index is 2.92. The molecule has 0 unspecified atom stereocenters. The molecule has 2 N–H and O–H groups in total. The van der Waals surface area contributed by atoms with Crippen LogP contribution in [0.1, 0.15) is 25.3 Å². The zero-order valence-corrected chi connectivity index (χ0v) is 11.4. The van der Waals surface area contributed by atoms with E-state index in [1.54, 1.807) is 0 Å². The van der Waals surface area contributed by atoms with Crippen molar-refractivity contribution in [1.82, 2.24) is 14.9 Å². The van der Waals surface area contributed by atoms with E-state index in [0.717, 1.165) is 24.5 Å². The molecule has 0 amide bonds. The van der Waals surface area contributed by atoms with Gasteiger partial charge in [0, 0.05) is 25.7 Å². The second kappa shape index (κ2) is 5.82. The molecule has 5 nitrogen and oxygen atoms in total. The molecule has 1 rings (SSSR count). The summed E-state index contributed by atoms with van der Waals surface area (Å²) in [6.07, 6.45) is 1.53. The minimum Gasteiger partial charge on any atom is -0.383 e. The van der Waals surface area contributed by atoms with Crippen molar-refractivity contribution in [2.75, 3.05) is 44.9 Å². The molecule has 0 saturated heterocycles. The summed E-state index contributed by atoms with van der Waals surface area (Å²) in [5.74, 6) is 1.85. The Morgan fingerprint density at radius 1 is 1.18 bits per heavy atom. The molecule has 0 aliphatic rings. The number of anilines is 2. The van der Waals surface area contributed by atoms with Crippen molar-refractivity contribution in [3.63, 3.8) is 0 Å². The number of likely N-dealkylation sites (N-methyl/N-ethyl adjacent to an activating group) is 2. The lowest BCUT2D eigenvalue weighted by Crippen LogP contribution is -2.30. The number of aromatic nitrogens is 2. The molecule has 0 radical (unpaired) electrons. The predicted octanol–water partition coefficient (Wildman–Crippen LogP) is 1.18. The lowest BCUT2D eigenvalue weighted by atomic mass is 10.0. The Morgan fingerprint density at radius 2 is 1.82 bits per heavy atom. The van der Waals surface area contributed by atoms with Crippen LogP contribution in [0.2, 0.25) is 0 Å². The van der Waals surface area contributed by atoms with Crippen molar-refractivity contribution in [2.45, 2.75) is 19.8 Å². The minimum absolute atomic E-state index is 0.327. The molecular weight excluding hydrogens is 214 g/mol. The SMILES string of the molecule is CC(C)c1c(N)ncnc1N(C)CCN(C)C. The van der Waals surface area contributed by atoms with Crippen LogP contribution >= 0.6 is 0 Å². The van der Waals surface area contributed by atoms with Gasteiger partial charge in [-0.25, -0.2) is 9.97 Å². The van der Waals surface area contributed by atoms with Crippen LogP contribution in [0.3, 0.4) is 0 Å². The fourth-order valence-corrected chi connectivity index (χ4v) is 1.71. The largest absolute Gasteiger partial charge is 0.383 e. The molecule has 96 valence electrons. The summed E-state index contributed by atoms with van der Waals surface area (Å²) in [5.41, 5.74) is 6.96. The van der Waals surface area contributed by atoms with Gasteiger partial charge in [-0.2, -0.15) is 0 Å². The highest BCUT2D eigenvalue weighted by molar-refractivity contribution is 5.57. The van der Waals surface area contributed by atoms with Gasteiger partial charge in [-0.1, -0.05) is 13.8 Å². The lowest BCUT2D eigenvalue weighted by molar-refractivity contribution is 0.416. The van der Waals surface area contributed by atoms with Gasteiger partial charge in [0.1, 0.15) is 18.0 Å². The van der Waals surface area contributed by atoms with E-state index in [9.17, 15) is 0 Å². The predicted molar refractivity (Wildman–Crippen MR) is 72.4 cm³/mol. The van der Waals surface area contributed by atoms with Gasteiger partial charge < -0.3 is 15.5 Å². The van der Waals surface area contributed by atoms with Crippen LogP contribution in [-0.2, 0) is 0 Å². The molecule has 1 aromatic rings. The van der Waals surface area contributed by atoms with Crippen LogP contribution < -0.4 is 10.6 Å². The van der Waals surface area contributed by atoms with Crippen LogP contribution in [0.4, 0.5) is 11.6 Å². The van der Waals surface area contributed by atoms with E-state index in [4.69, 9.17) is 5.73 Å². The first kappa shape index (κ1) is 13.7. The monoisotopic (exact) mass is 237 g/mol. The average molecular weight is 237 g/mol. The first-order chi connectivity index (χ1) is 7.93. The Hall–Kier alpha value is -1.36. The summed E-state index contributed by atoms with van der Waals surface area (Å²) in [6.45, 7) is 6.12. The third-order valence-corrected chi connectivity index (χ3v) is 2.72. The van der Waals surface area contributed by atoms with Crippen molar-refractivity contribution in [1.29, 1.82) is 0 Å². The topological polar surface area (TPSA) is 58.3 Å². The smallest absolute Gasteiger partial charge is 0.137 e. The maximum atomic E-state index is 5.93. The van der Waals surface area contributed by atoms with Crippen molar-refractivity contribution in [3.8, 4) is 0 Å². The maximum absolute atomic E-state index is 5.93. The molecule has 0 bridgehead atoms. The van der Waals surface area contributed by atoms with Crippen molar-refractivity contribution < 1.29 is 0 Å². The van der Waals surface area contributed by atoms with Gasteiger partial charge in [0.25, 0.3) is 0 Å². The van der Waals surface area contributed by atoms with Gasteiger partial charge in [-0.05, 0) is 20.0 Å². The summed E-state index contributed by atoms with van der Waals surface area (Å²) in [7, 11) is 6.16. The van der Waals surface area contributed by atoms with Crippen LogP contribution in [-0.4, -0.2) is 49.1 Å². The van der Waals surface area contributed by atoms with E-state index >= 15 is 0 Å². The second-order valence-corrected chi connectivity index (χ2v) is 4.88. The van der Waals surface area contributed by atoms with Crippen molar-refractivity contribution >= 4 is 11.6 Å². The van der Waals surface area contributed by atoms with Crippen LogP contribution in [0.25, 0.3) is 0 Å². The number of nitrogens with two attached hydrogens (primary N) is 1. The second-order valence-electron chi connectivity index (χ2n) is 4.88. The fraction of sp³-hybridized carbons (Fsp3) is 0.667. The number of nitrogen functional groups attached to an aromatic ring is 1. The molecule has 0 spiro atoms. The quantitative estimate of drug-likeness (QED) is 0.833. The highest BCUT2D eigenvalue weighted by Crippen LogP contribution is 2.28. The van der Waals surface area contributed by atoms with Gasteiger partial charge in [0.2, 0.25) is 0 Å². The molecule has 0 saturated carbocycles. The molecule has 0 aliphatic heterocycles. The number of hydrogen-bond donors (Lipinski definition) is 1. The molecule has 1 heterocycles. The zero-order chi connectivity index (χ0) is 13.0. The average Bonchev–Trinajstić information content (AvgIpc) is 2.24. The molecular formula is C12H23N5. The van der Waals surface area contributed by atoms with Crippen molar-refractivity contribution in [3.05, 3.63) is 11.9 Å². The summed E-state index contributed by atoms with van der Waals surface area (Å²) < 4.78 is 0. The molecule has 5 heteroatoms. The summed E-state index contributed by atoms with van der Waals surface area (Å²) in [5, 5.41) is 0. The summed E-state index contributed by atoms with van der Waals surface area (Å²) in [6, 6.07) is 0. The third-order valence-electron chi connectivity index (χ3n) is 2.72. The zero-order valence-electron chi connectivity index (χ0n) is 11.4. The van der Waals surface area contributed by atoms with Gasteiger partial charge >= 0.3 is 0 Å². The third kappa shape index (κ3) is 3.56. The standard InChI is InChI=1S/C12H23N5/c1-9(2)10-11(13)14-8-15-12(10)17(5)7-6-16(3)4/h8-9H,6-7H2,1-5H3,(H2,13,14,15). The molecule has 0 fully saturated rings. The van der Waals surface area contributed by atoms with Gasteiger partial charge in [-0.3, -0.25) is 0 Å². The Morgan fingerprint density at radius 3 is 2.35 bits per heavy atom. The van der Waals surface area contributed by atoms with Crippen LogP contribution in [0.15, 0.2) is 6.33 Å². The first-order valence-electron chi connectivity index (χ1n) is 5.89. The Kier molecular flexibility index (Phi) is 4.69. The highest BCUT2D eigenvalue weighted by Gasteiger charge is 2.15. The van der Waals surface area contributed by atoms with Crippen LogP contribution in [0, 0.1) is 0 Å². The molecule has 17 heavy (non-hydrogen) atoms. The van der Waals surface area contributed by atoms with E-state index in [1.165, 1.54) is 6.33 Å². The maximum Gasteiger partial charge on any atom is 0.137 e. The van der Waals surface area contributed by atoms with E-state index in [0.29, 0.717) is 11.7 Å². The highest BCUT2D eigenvalue weighted by atomic mass is 15.2. The molecule has 0 atom stereocenters. The van der Waals surface area contributed by atoms with E-state index in [2.05, 4.69) is 47.7 Å². The first-order valence-corrected chi connectivity index (χ1v) is 5.89. The van der Waals surface area contributed by atoms with E-state index in [1.807, 2.05) is 7.05 Å². The van der Waals surface area contributed by atoms with Gasteiger partial charge in [0.15, 0.2) is 0 Å².